The number of halogens is 2. The third kappa shape index (κ3) is 3.43. The van der Waals surface area contributed by atoms with E-state index in [1.807, 2.05) is 0 Å². The number of Topliss-reactive ketones (excluding diaryl/α,β-unsaturated/α-hetero) is 1. The van der Waals surface area contributed by atoms with E-state index < -0.39 is 11.6 Å². The Bertz CT molecular complexity index is 929. The molecule has 2 N–H and O–H groups in total. The predicted molar refractivity (Wildman–Crippen MR) is 99.4 cm³/mol. The van der Waals surface area contributed by atoms with Crippen LogP contribution in [0.4, 0.5) is 8.78 Å². The molecule has 7 heteroatoms. The van der Waals surface area contributed by atoms with Gasteiger partial charge in [0.2, 0.25) is 0 Å². The van der Waals surface area contributed by atoms with Gasteiger partial charge in [-0.15, -0.1) is 0 Å². The summed E-state index contributed by atoms with van der Waals surface area (Å²) in [5.74, 6) is -3.13. The standard InChI is InChI=1S/C21H18F2O5/c1-27-20-15(24)7-5-11(17(20)22)9-13-3-4-14(19(13)26)10-12-6-8-16(25)21(28-2)18(12)23/h5-10,24-25H,3-4H2,1-2H3/b13-9+,14-10+. The first-order chi connectivity index (χ1) is 13.4. The molecule has 0 saturated heterocycles. The largest absolute Gasteiger partial charge is 0.504 e. The molecule has 2 aromatic rings. The van der Waals surface area contributed by atoms with E-state index in [0.717, 1.165) is 0 Å². The van der Waals surface area contributed by atoms with Crippen molar-refractivity contribution in [2.75, 3.05) is 14.2 Å². The summed E-state index contributed by atoms with van der Waals surface area (Å²) >= 11 is 0. The number of carbonyl (C=O) groups excluding carboxylic acids is 1. The topological polar surface area (TPSA) is 76.0 Å². The molecular formula is C21H18F2O5. The fourth-order valence-corrected chi connectivity index (χ4v) is 3.09. The van der Waals surface area contributed by atoms with Crippen LogP contribution in [0, 0.1) is 11.6 Å². The van der Waals surface area contributed by atoms with Crippen molar-refractivity contribution in [2.24, 2.45) is 0 Å². The van der Waals surface area contributed by atoms with Crippen LogP contribution in [0.25, 0.3) is 12.2 Å². The average Bonchev–Trinajstić information content (AvgIpc) is 3.00. The lowest BCUT2D eigenvalue weighted by atomic mass is 10.1. The number of ketones is 1. The Hall–Kier alpha value is -3.35. The van der Waals surface area contributed by atoms with Crippen LogP contribution >= 0.6 is 0 Å². The van der Waals surface area contributed by atoms with Crippen molar-refractivity contribution < 1.29 is 33.3 Å². The average molecular weight is 388 g/mol. The van der Waals surface area contributed by atoms with Gasteiger partial charge in [-0.05, 0) is 49.3 Å². The summed E-state index contributed by atoms with van der Waals surface area (Å²) in [6.45, 7) is 0. The molecule has 0 aromatic heterocycles. The highest BCUT2D eigenvalue weighted by molar-refractivity contribution is 6.15. The maximum Gasteiger partial charge on any atom is 0.197 e. The number of benzene rings is 2. The number of rotatable bonds is 4. The molecule has 1 aliphatic rings. The van der Waals surface area contributed by atoms with Gasteiger partial charge in [0.1, 0.15) is 0 Å². The van der Waals surface area contributed by atoms with E-state index in [9.17, 15) is 23.8 Å². The molecule has 1 fully saturated rings. The minimum atomic E-state index is -0.769. The van der Waals surface area contributed by atoms with E-state index in [4.69, 9.17) is 9.47 Å². The third-order valence-electron chi connectivity index (χ3n) is 4.53. The van der Waals surface area contributed by atoms with Gasteiger partial charge in [-0.3, -0.25) is 4.79 Å². The number of aromatic hydroxyl groups is 2. The molecule has 28 heavy (non-hydrogen) atoms. The van der Waals surface area contributed by atoms with E-state index in [-0.39, 0.29) is 39.9 Å². The van der Waals surface area contributed by atoms with Gasteiger partial charge >= 0.3 is 0 Å². The van der Waals surface area contributed by atoms with Gasteiger partial charge in [0, 0.05) is 22.3 Å². The van der Waals surface area contributed by atoms with Gasteiger partial charge in [-0.1, -0.05) is 0 Å². The number of hydrogen-bond donors (Lipinski definition) is 2. The number of phenolic OH excluding ortho intramolecular Hbond substituents is 2. The van der Waals surface area contributed by atoms with Crippen LogP contribution in [0.3, 0.4) is 0 Å². The zero-order chi connectivity index (χ0) is 20.4. The molecule has 1 saturated carbocycles. The molecule has 0 heterocycles. The Morgan fingerprint density at radius 1 is 0.821 bits per heavy atom. The summed E-state index contributed by atoms with van der Waals surface area (Å²) < 4.78 is 38.4. The normalized spacial score (nSPS) is 16.8. The maximum absolute atomic E-state index is 14.4. The quantitative estimate of drug-likeness (QED) is 0.767. The van der Waals surface area contributed by atoms with E-state index in [1.165, 1.54) is 50.6 Å². The molecule has 0 radical (unpaired) electrons. The van der Waals surface area contributed by atoms with E-state index in [1.54, 1.807) is 0 Å². The van der Waals surface area contributed by atoms with Crippen molar-refractivity contribution in [1.82, 2.24) is 0 Å². The number of phenols is 2. The molecule has 146 valence electrons. The second-order valence-corrected chi connectivity index (χ2v) is 6.21. The number of ether oxygens (including phenoxy) is 2. The molecule has 0 spiro atoms. The first-order valence-corrected chi connectivity index (χ1v) is 8.44. The van der Waals surface area contributed by atoms with Crippen molar-refractivity contribution in [2.45, 2.75) is 12.8 Å². The Morgan fingerprint density at radius 3 is 1.57 bits per heavy atom. The molecular weight excluding hydrogens is 370 g/mol. The van der Waals surface area contributed by atoms with Crippen molar-refractivity contribution in [3.05, 3.63) is 58.2 Å². The first kappa shape index (κ1) is 19.4. The van der Waals surface area contributed by atoms with E-state index in [2.05, 4.69) is 0 Å². The summed E-state index contributed by atoms with van der Waals surface area (Å²) in [5, 5.41) is 19.2. The van der Waals surface area contributed by atoms with Crippen molar-refractivity contribution in [3.8, 4) is 23.0 Å². The van der Waals surface area contributed by atoms with Crippen LogP contribution in [0.2, 0.25) is 0 Å². The molecule has 1 aliphatic carbocycles. The molecule has 0 unspecified atom stereocenters. The summed E-state index contributed by atoms with van der Waals surface area (Å²) in [4.78, 5) is 12.6. The molecule has 0 atom stereocenters. The summed E-state index contributed by atoms with van der Waals surface area (Å²) in [6.07, 6.45) is 3.52. The van der Waals surface area contributed by atoms with Crippen molar-refractivity contribution in [1.29, 1.82) is 0 Å². The summed E-state index contributed by atoms with van der Waals surface area (Å²) in [5.41, 5.74) is 0.946. The lowest BCUT2D eigenvalue weighted by molar-refractivity contribution is -0.111. The third-order valence-corrected chi connectivity index (χ3v) is 4.53. The summed E-state index contributed by atoms with van der Waals surface area (Å²) in [7, 11) is 2.47. The molecule has 0 amide bonds. The monoisotopic (exact) mass is 388 g/mol. The smallest absolute Gasteiger partial charge is 0.197 e. The number of carbonyl (C=O) groups is 1. The second-order valence-electron chi connectivity index (χ2n) is 6.21. The fourth-order valence-electron chi connectivity index (χ4n) is 3.09. The van der Waals surface area contributed by atoms with E-state index >= 15 is 0 Å². The highest BCUT2D eigenvalue weighted by atomic mass is 19.1. The molecule has 0 bridgehead atoms. The lowest BCUT2D eigenvalue weighted by Gasteiger charge is -2.07. The predicted octanol–water partition coefficient (Wildman–Crippen LogP) is 4.22. The van der Waals surface area contributed by atoms with Gasteiger partial charge in [0.05, 0.1) is 14.2 Å². The van der Waals surface area contributed by atoms with Crippen LogP contribution in [0.5, 0.6) is 23.0 Å². The van der Waals surface area contributed by atoms with Crippen LogP contribution in [0.15, 0.2) is 35.4 Å². The highest BCUT2D eigenvalue weighted by Crippen LogP contribution is 2.36. The van der Waals surface area contributed by atoms with Crippen LogP contribution in [-0.4, -0.2) is 30.2 Å². The van der Waals surface area contributed by atoms with Gasteiger partial charge in [-0.2, -0.15) is 0 Å². The van der Waals surface area contributed by atoms with Gasteiger partial charge in [-0.25, -0.2) is 8.78 Å². The Balaban J connectivity index is 1.94. The SMILES string of the molecule is COc1c(O)ccc(/C=C2\CC/C(=C\c3ccc(O)c(OC)c3F)C2=O)c1F. The Kier molecular flexibility index (Phi) is 5.35. The Labute approximate surface area is 160 Å². The Morgan fingerprint density at radius 2 is 1.21 bits per heavy atom. The summed E-state index contributed by atoms with van der Waals surface area (Å²) in [6, 6.07) is 5.25. The van der Waals surface area contributed by atoms with Crippen LogP contribution in [0.1, 0.15) is 24.0 Å². The number of methoxy groups -OCH3 is 2. The van der Waals surface area contributed by atoms with Gasteiger partial charge in [0.15, 0.2) is 40.4 Å². The van der Waals surface area contributed by atoms with Crippen LogP contribution < -0.4 is 9.47 Å². The molecule has 2 aromatic carbocycles. The lowest BCUT2D eigenvalue weighted by Crippen LogP contribution is -1.98. The molecule has 5 nitrogen and oxygen atoms in total. The minimum absolute atomic E-state index is 0.108. The van der Waals surface area contributed by atoms with Gasteiger partial charge < -0.3 is 19.7 Å². The second kappa shape index (κ2) is 7.72. The number of allylic oxidation sites excluding steroid dienone is 2. The maximum atomic E-state index is 14.4. The molecule has 3 rings (SSSR count). The van der Waals surface area contributed by atoms with E-state index in [0.29, 0.717) is 24.0 Å². The molecule has 0 aliphatic heterocycles. The highest BCUT2D eigenvalue weighted by Gasteiger charge is 2.25. The zero-order valence-corrected chi connectivity index (χ0v) is 15.3. The zero-order valence-electron chi connectivity index (χ0n) is 15.3. The first-order valence-electron chi connectivity index (χ1n) is 8.44. The van der Waals surface area contributed by atoms with Crippen LogP contribution in [-0.2, 0) is 4.79 Å². The fraction of sp³-hybridized carbons (Fsp3) is 0.190. The van der Waals surface area contributed by atoms with Crippen molar-refractivity contribution in [3.63, 3.8) is 0 Å². The van der Waals surface area contributed by atoms with Gasteiger partial charge in [0.25, 0.3) is 0 Å². The van der Waals surface area contributed by atoms with Crippen molar-refractivity contribution >= 4 is 17.9 Å². The minimum Gasteiger partial charge on any atom is -0.504 e. The number of hydrogen-bond acceptors (Lipinski definition) is 5.